The number of Topliss-reactive ketones (excluding diaryl/α,β-unsaturated/α-hetero) is 1. The SMILES string of the molecule is CC(NCCCC(=O)O)C(=O)c1ccc(C(C)(C)C)cc1. The molecule has 116 valence electrons. The number of benzene rings is 1. The van der Waals surface area contributed by atoms with E-state index in [4.69, 9.17) is 5.11 Å². The van der Waals surface area contributed by atoms with Crippen molar-refractivity contribution in [1.82, 2.24) is 5.32 Å². The highest BCUT2D eigenvalue weighted by Gasteiger charge is 2.17. The van der Waals surface area contributed by atoms with Gasteiger partial charge in [0, 0.05) is 12.0 Å². The number of rotatable bonds is 7. The molecule has 0 radical (unpaired) electrons. The molecule has 0 bridgehead atoms. The molecule has 1 rings (SSSR count). The Morgan fingerprint density at radius 2 is 1.76 bits per heavy atom. The van der Waals surface area contributed by atoms with Crippen molar-refractivity contribution in [3.8, 4) is 0 Å². The molecule has 1 atom stereocenters. The van der Waals surface area contributed by atoms with Gasteiger partial charge < -0.3 is 10.4 Å². The molecule has 4 heteroatoms. The van der Waals surface area contributed by atoms with Gasteiger partial charge in [-0.05, 0) is 30.9 Å². The van der Waals surface area contributed by atoms with E-state index in [1.54, 1.807) is 6.92 Å². The molecule has 1 aromatic rings. The van der Waals surface area contributed by atoms with E-state index in [1.165, 1.54) is 5.56 Å². The van der Waals surface area contributed by atoms with E-state index in [0.717, 1.165) is 0 Å². The van der Waals surface area contributed by atoms with Crippen LogP contribution in [-0.4, -0.2) is 29.4 Å². The summed E-state index contributed by atoms with van der Waals surface area (Å²) in [4.78, 5) is 22.7. The Balaban J connectivity index is 2.56. The first-order valence-corrected chi connectivity index (χ1v) is 7.32. The van der Waals surface area contributed by atoms with Gasteiger partial charge in [0.1, 0.15) is 0 Å². The standard InChI is InChI=1S/C17H25NO3/c1-12(18-11-5-6-15(19)20)16(21)13-7-9-14(10-8-13)17(2,3)4/h7-10,12,18H,5-6,11H2,1-4H3,(H,19,20). The van der Waals surface area contributed by atoms with Gasteiger partial charge >= 0.3 is 5.97 Å². The molecule has 0 saturated heterocycles. The molecule has 0 aliphatic carbocycles. The largest absolute Gasteiger partial charge is 0.481 e. The average Bonchev–Trinajstić information content (AvgIpc) is 2.41. The maximum Gasteiger partial charge on any atom is 0.303 e. The highest BCUT2D eigenvalue weighted by molar-refractivity contribution is 5.99. The van der Waals surface area contributed by atoms with Crippen LogP contribution in [0.2, 0.25) is 0 Å². The van der Waals surface area contributed by atoms with Crippen LogP contribution in [-0.2, 0) is 10.2 Å². The van der Waals surface area contributed by atoms with Crippen LogP contribution in [0.5, 0.6) is 0 Å². The number of ketones is 1. The van der Waals surface area contributed by atoms with Gasteiger partial charge in [-0.15, -0.1) is 0 Å². The second-order valence-electron chi connectivity index (χ2n) is 6.36. The lowest BCUT2D eigenvalue weighted by molar-refractivity contribution is -0.137. The lowest BCUT2D eigenvalue weighted by Gasteiger charge is -2.19. The zero-order valence-electron chi connectivity index (χ0n) is 13.3. The summed E-state index contributed by atoms with van der Waals surface area (Å²) in [7, 11) is 0. The smallest absolute Gasteiger partial charge is 0.303 e. The van der Waals surface area contributed by atoms with Gasteiger partial charge in [0.05, 0.1) is 6.04 Å². The molecule has 4 nitrogen and oxygen atoms in total. The van der Waals surface area contributed by atoms with Crippen LogP contribution < -0.4 is 5.32 Å². The fourth-order valence-electron chi connectivity index (χ4n) is 2.04. The first-order valence-electron chi connectivity index (χ1n) is 7.32. The Morgan fingerprint density at radius 3 is 2.24 bits per heavy atom. The van der Waals surface area contributed by atoms with Crippen LogP contribution in [0.25, 0.3) is 0 Å². The number of hydrogen-bond acceptors (Lipinski definition) is 3. The summed E-state index contributed by atoms with van der Waals surface area (Å²) >= 11 is 0. The van der Waals surface area contributed by atoms with E-state index in [1.807, 2.05) is 24.3 Å². The summed E-state index contributed by atoms with van der Waals surface area (Å²) in [5.41, 5.74) is 1.95. The summed E-state index contributed by atoms with van der Waals surface area (Å²) < 4.78 is 0. The summed E-state index contributed by atoms with van der Waals surface area (Å²) in [6.45, 7) is 8.74. The van der Waals surface area contributed by atoms with Gasteiger partial charge in [-0.3, -0.25) is 9.59 Å². The number of carboxylic acids is 1. The van der Waals surface area contributed by atoms with Crippen molar-refractivity contribution in [3.05, 3.63) is 35.4 Å². The van der Waals surface area contributed by atoms with Crippen LogP contribution in [0, 0.1) is 0 Å². The van der Waals surface area contributed by atoms with Crippen molar-refractivity contribution in [3.63, 3.8) is 0 Å². The average molecular weight is 291 g/mol. The van der Waals surface area contributed by atoms with E-state index < -0.39 is 5.97 Å². The Kier molecular flexibility index (Phi) is 6.09. The Hall–Kier alpha value is -1.68. The highest BCUT2D eigenvalue weighted by Crippen LogP contribution is 2.22. The molecule has 0 spiro atoms. The predicted octanol–water partition coefficient (Wildman–Crippen LogP) is 3.01. The lowest BCUT2D eigenvalue weighted by Crippen LogP contribution is -2.34. The van der Waals surface area contributed by atoms with Gasteiger partial charge in [0.15, 0.2) is 5.78 Å². The zero-order chi connectivity index (χ0) is 16.0. The van der Waals surface area contributed by atoms with E-state index in [-0.39, 0.29) is 23.7 Å². The molecule has 0 aliphatic rings. The van der Waals surface area contributed by atoms with Crippen molar-refractivity contribution < 1.29 is 14.7 Å². The Labute approximate surface area is 126 Å². The number of carboxylic acid groups (broad SMARTS) is 1. The monoisotopic (exact) mass is 291 g/mol. The van der Waals surface area contributed by atoms with Crippen LogP contribution >= 0.6 is 0 Å². The molecule has 1 unspecified atom stereocenters. The maximum atomic E-state index is 12.3. The summed E-state index contributed by atoms with van der Waals surface area (Å²) in [5, 5.41) is 11.6. The van der Waals surface area contributed by atoms with Crippen molar-refractivity contribution in [2.75, 3.05) is 6.54 Å². The third-order valence-electron chi connectivity index (χ3n) is 3.45. The van der Waals surface area contributed by atoms with Crippen LogP contribution in [0.15, 0.2) is 24.3 Å². The second-order valence-corrected chi connectivity index (χ2v) is 6.36. The second kappa shape index (κ2) is 7.36. The fraction of sp³-hybridized carbons (Fsp3) is 0.529. The van der Waals surface area contributed by atoms with E-state index in [9.17, 15) is 9.59 Å². The van der Waals surface area contributed by atoms with E-state index in [2.05, 4.69) is 26.1 Å². The molecule has 0 fully saturated rings. The summed E-state index contributed by atoms with van der Waals surface area (Å²) in [6, 6.07) is 7.39. The normalized spacial score (nSPS) is 13.0. The van der Waals surface area contributed by atoms with Crippen molar-refractivity contribution in [2.24, 2.45) is 0 Å². The van der Waals surface area contributed by atoms with Crippen LogP contribution in [0.4, 0.5) is 0 Å². The molecule has 21 heavy (non-hydrogen) atoms. The van der Waals surface area contributed by atoms with Gasteiger partial charge in [-0.25, -0.2) is 0 Å². The first-order chi connectivity index (χ1) is 9.71. The molecule has 0 saturated carbocycles. The maximum absolute atomic E-state index is 12.3. The highest BCUT2D eigenvalue weighted by atomic mass is 16.4. The van der Waals surface area contributed by atoms with Crippen molar-refractivity contribution >= 4 is 11.8 Å². The van der Waals surface area contributed by atoms with E-state index in [0.29, 0.717) is 18.5 Å². The third-order valence-corrected chi connectivity index (χ3v) is 3.45. The quantitative estimate of drug-likeness (QED) is 0.598. The summed E-state index contributed by atoms with van der Waals surface area (Å²) in [5.74, 6) is -0.778. The van der Waals surface area contributed by atoms with Crippen molar-refractivity contribution in [1.29, 1.82) is 0 Å². The van der Waals surface area contributed by atoms with Gasteiger partial charge in [-0.2, -0.15) is 0 Å². The van der Waals surface area contributed by atoms with E-state index >= 15 is 0 Å². The third kappa shape index (κ3) is 5.68. The minimum Gasteiger partial charge on any atom is -0.481 e. The molecule has 0 amide bonds. The Morgan fingerprint density at radius 1 is 1.19 bits per heavy atom. The molecule has 0 aromatic heterocycles. The fourth-order valence-corrected chi connectivity index (χ4v) is 2.04. The lowest BCUT2D eigenvalue weighted by atomic mass is 9.86. The van der Waals surface area contributed by atoms with Crippen LogP contribution in [0.3, 0.4) is 0 Å². The first kappa shape index (κ1) is 17.4. The number of carbonyl (C=O) groups excluding carboxylic acids is 1. The molecular formula is C17H25NO3. The molecule has 1 aromatic carbocycles. The minimum absolute atomic E-state index is 0.0331. The number of hydrogen-bond donors (Lipinski definition) is 2. The number of aliphatic carboxylic acids is 1. The number of carbonyl (C=O) groups is 2. The summed E-state index contributed by atoms with van der Waals surface area (Å²) in [6.07, 6.45) is 0.643. The van der Waals surface area contributed by atoms with Gasteiger partial charge in [0.25, 0.3) is 0 Å². The van der Waals surface area contributed by atoms with Gasteiger partial charge in [0.2, 0.25) is 0 Å². The predicted molar refractivity (Wildman–Crippen MR) is 83.8 cm³/mol. The minimum atomic E-state index is -0.812. The molecule has 0 aliphatic heterocycles. The molecule has 2 N–H and O–H groups in total. The molecular weight excluding hydrogens is 266 g/mol. The Bertz CT molecular complexity index is 486. The zero-order valence-corrected chi connectivity index (χ0v) is 13.3. The topological polar surface area (TPSA) is 66.4 Å². The van der Waals surface area contributed by atoms with Crippen LogP contribution in [0.1, 0.15) is 56.5 Å². The molecule has 0 heterocycles. The van der Waals surface area contributed by atoms with Crippen molar-refractivity contribution in [2.45, 2.75) is 52.0 Å². The van der Waals surface area contributed by atoms with Gasteiger partial charge in [-0.1, -0.05) is 45.0 Å². The number of nitrogens with one attached hydrogen (secondary N) is 1.